The Kier molecular flexibility index (Phi) is 5.50. The van der Waals surface area contributed by atoms with Gasteiger partial charge in [0, 0.05) is 10.9 Å². The van der Waals surface area contributed by atoms with Gasteiger partial charge < -0.3 is 15.5 Å². The number of benzene rings is 1. The first-order chi connectivity index (χ1) is 8.45. The van der Waals surface area contributed by atoms with E-state index in [1.807, 2.05) is 19.2 Å². The Labute approximate surface area is 111 Å². The van der Waals surface area contributed by atoms with Crippen molar-refractivity contribution in [1.29, 1.82) is 0 Å². The molecule has 0 aromatic heterocycles. The summed E-state index contributed by atoms with van der Waals surface area (Å²) in [6.07, 6.45) is 2.01. The molecule has 1 aromatic carbocycles. The first-order valence-corrected chi connectivity index (χ1v) is 7.03. The van der Waals surface area contributed by atoms with Crippen molar-refractivity contribution in [2.45, 2.75) is 37.3 Å². The maximum absolute atomic E-state index is 11.3. The Hall–Kier alpha value is -1.20. The normalized spacial score (nSPS) is 14.0. The van der Waals surface area contributed by atoms with E-state index in [0.717, 1.165) is 4.90 Å². The van der Waals surface area contributed by atoms with E-state index in [1.165, 1.54) is 11.8 Å². The molecule has 0 amide bonds. The van der Waals surface area contributed by atoms with E-state index in [1.54, 1.807) is 19.1 Å². The molecule has 0 aliphatic carbocycles. The zero-order valence-electron chi connectivity index (χ0n) is 10.8. The third-order valence-electron chi connectivity index (χ3n) is 2.56. The molecule has 0 aliphatic rings. The molecule has 18 heavy (non-hydrogen) atoms. The summed E-state index contributed by atoms with van der Waals surface area (Å²) < 4.78 is 0. The first-order valence-electron chi connectivity index (χ1n) is 5.80. The molecule has 0 heterocycles. The minimum Gasteiger partial charge on any atom is -0.478 e. The Morgan fingerprint density at radius 2 is 2.11 bits per heavy atom. The molecule has 3 N–H and O–H groups in total. The topological polar surface area (TPSA) is 69.6 Å². The number of aliphatic hydroxyl groups is 1. The highest BCUT2D eigenvalue weighted by molar-refractivity contribution is 7.98. The van der Waals surface area contributed by atoms with Crippen LogP contribution in [0.1, 0.15) is 30.6 Å². The smallest absolute Gasteiger partial charge is 0.338 e. The van der Waals surface area contributed by atoms with Gasteiger partial charge in [0.05, 0.1) is 17.4 Å². The molecule has 0 saturated heterocycles. The molecule has 1 rings (SSSR count). The van der Waals surface area contributed by atoms with Gasteiger partial charge >= 0.3 is 5.97 Å². The first kappa shape index (κ1) is 14.9. The van der Waals surface area contributed by atoms with Crippen molar-refractivity contribution in [3.8, 4) is 0 Å². The second-order valence-corrected chi connectivity index (χ2v) is 5.17. The molecule has 5 heteroatoms. The highest BCUT2D eigenvalue weighted by Gasteiger charge is 2.16. The minimum atomic E-state index is -0.938. The molecule has 2 atom stereocenters. The fourth-order valence-electron chi connectivity index (χ4n) is 1.88. The third-order valence-corrected chi connectivity index (χ3v) is 3.34. The minimum absolute atomic E-state index is 0.0141. The summed E-state index contributed by atoms with van der Waals surface area (Å²) in [6, 6.07) is 5.39. The number of carbonyl (C=O) groups is 1. The van der Waals surface area contributed by atoms with Gasteiger partial charge in [-0.1, -0.05) is 6.07 Å². The maximum atomic E-state index is 11.3. The lowest BCUT2D eigenvalue weighted by atomic mass is 10.1. The van der Waals surface area contributed by atoms with Crippen molar-refractivity contribution < 1.29 is 15.0 Å². The average molecular weight is 269 g/mol. The van der Waals surface area contributed by atoms with E-state index in [-0.39, 0.29) is 6.04 Å². The molecular formula is C13H19NO3S. The number of anilines is 1. The van der Waals surface area contributed by atoms with Crippen molar-refractivity contribution in [3.05, 3.63) is 23.8 Å². The van der Waals surface area contributed by atoms with Crippen LogP contribution in [-0.2, 0) is 0 Å². The molecule has 100 valence electrons. The quantitative estimate of drug-likeness (QED) is 0.693. The molecule has 0 spiro atoms. The number of carboxylic acids is 1. The Morgan fingerprint density at radius 3 is 2.61 bits per heavy atom. The number of rotatable bonds is 6. The lowest BCUT2D eigenvalue weighted by Gasteiger charge is -2.19. The predicted molar refractivity (Wildman–Crippen MR) is 74.6 cm³/mol. The van der Waals surface area contributed by atoms with Crippen molar-refractivity contribution in [1.82, 2.24) is 0 Å². The number of aliphatic hydroxyl groups excluding tert-OH is 1. The second kappa shape index (κ2) is 6.66. The van der Waals surface area contributed by atoms with Gasteiger partial charge in [0.1, 0.15) is 0 Å². The fourth-order valence-corrected chi connectivity index (χ4v) is 2.49. The maximum Gasteiger partial charge on any atom is 0.338 e. The summed E-state index contributed by atoms with van der Waals surface area (Å²) >= 11 is 1.41. The van der Waals surface area contributed by atoms with Crippen LogP contribution in [-0.4, -0.2) is 34.6 Å². The van der Waals surface area contributed by atoms with E-state index in [4.69, 9.17) is 0 Å². The van der Waals surface area contributed by atoms with E-state index >= 15 is 0 Å². The molecule has 0 bridgehead atoms. The SMILES string of the molecule is CSc1cccc(NC(C)CC(C)O)c1C(=O)O. The van der Waals surface area contributed by atoms with Gasteiger partial charge in [-0.2, -0.15) is 0 Å². The molecule has 0 saturated carbocycles. The van der Waals surface area contributed by atoms with E-state index < -0.39 is 12.1 Å². The van der Waals surface area contributed by atoms with Gasteiger partial charge in [-0.05, 0) is 38.7 Å². The fraction of sp³-hybridized carbons (Fsp3) is 0.462. The second-order valence-electron chi connectivity index (χ2n) is 4.32. The van der Waals surface area contributed by atoms with Crippen LogP contribution in [0.3, 0.4) is 0 Å². The summed E-state index contributed by atoms with van der Waals surface area (Å²) in [5.74, 6) is -0.938. The third kappa shape index (κ3) is 3.92. The molecule has 0 aliphatic heterocycles. The lowest BCUT2D eigenvalue weighted by molar-refractivity contribution is 0.0694. The van der Waals surface area contributed by atoms with Gasteiger partial charge in [-0.25, -0.2) is 4.79 Å². The van der Waals surface area contributed by atoms with Gasteiger partial charge in [-0.3, -0.25) is 0 Å². The van der Waals surface area contributed by atoms with E-state index in [0.29, 0.717) is 17.7 Å². The number of aromatic carboxylic acids is 1. The monoisotopic (exact) mass is 269 g/mol. The summed E-state index contributed by atoms with van der Waals surface area (Å²) in [4.78, 5) is 12.0. The van der Waals surface area contributed by atoms with Crippen LogP contribution in [0, 0.1) is 0 Å². The van der Waals surface area contributed by atoms with Crippen molar-refractivity contribution >= 4 is 23.4 Å². The summed E-state index contributed by atoms with van der Waals surface area (Å²) in [6.45, 7) is 3.64. The van der Waals surface area contributed by atoms with Crippen LogP contribution in [0.5, 0.6) is 0 Å². The standard InChI is InChI=1S/C13H19NO3S/c1-8(7-9(2)15)14-10-5-4-6-11(18-3)12(10)13(16)17/h4-6,8-9,14-15H,7H2,1-3H3,(H,16,17). The largest absolute Gasteiger partial charge is 0.478 e. The van der Waals surface area contributed by atoms with E-state index in [9.17, 15) is 15.0 Å². The van der Waals surface area contributed by atoms with Crippen LogP contribution < -0.4 is 5.32 Å². The van der Waals surface area contributed by atoms with Crippen LogP contribution in [0.4, 0.5) is 5.69 Å². The molecule has 0 fully saturated rings. The van der Waals surface area contributed by atoms with Crippen molar-refractivity contribution in [2.24, 2.45) is 0 Å². The zero-order chi connectivity index (χ0) is 13.7. The predicted octanol–water partition coefficient (Wildman–Crippen LogP) is 2.68. The Morgan fingerprint density at radius 1 is 1.44 bits per heavy atom. The summed E-state index contributed by atoms with van der Waals surface area (Å²) in [5, 5.41) is 21.7. The summed E-state index contributed by atoms with van der Waals surface area (Å²) in [7, 11) is 0. The van der Waals surface area contributed by atoms with Gasteiger partial charge in [0.25, 0.3) is 0 Å². The Bertz CT molecular complexity index is 421. The van der Waals surface area contributed by atoms with Crippen LogP contribution in [0.25, 0.3) is 0 Å². The number of hydrogen-bond donors (Lipinski definition) is 3. The molecular weight excluding hydrogens is 250 g/mol. The lowest BCUT2D eigenvalue weighted by Crippen LogP contribution is -2.22. The van der Waals surface area contributed by atoms with Crippen LogP contribution >= 0.6 is 11.8 Å². The Balaban J connectivity index is 2.98. The molecule has 0 radical (unpaired) electrons. The number of nitrogens with one attached hydrogen (secondary N) is 1. The number of thioether (sulfide) groups is 1. The van der Waals surface area contributed by atoms with Gasteiger partial charge in [0.15, 0.2) is 0 Å². The van der Waals surface area contributed by atoms with Crippen LogP contribution in [0.2, 0.25) is 0 Å². The zero-order valence-corrected chi connectivity index (χ0v) is 11.6. The highest BCUT2D eigenvalue weighted by Crippen LogP contribution is 2.27. The van der Waals surface area contributed by atoms with E-state index in [2.05, 4.69) is 5.32 Å². The van der Waals surface area contributed by atoms with Crippen LogP contribution in [0.15, 0.2) is 23.1 Å². The van der Waals surface area contributed by atoms with Gasteiger partial charge in [-0.15, -0.1) is 11.8 Å². The molecule has 1 aromatic rings. The van der Waals surface area contributed by atoms with Crippen molar-refractivity contribution in [2.75, 3.05) is 11.6 Å². The highest BCUT2D eigenvalue weighted by atomic mass is 32.2. The molecule has 4 nitrogen and oxygen atoms in total. The van der Waals surface area contributed by atoms with Gasteiger partial charge in [0.2, 0.25) is 0 Å². The molecule has 2 unspecified atom stereocenters. The summed E-state index contributed by atoms with van der Waals surface area (Å²) in [5.41, 5.74) is 0.893. The average Bonchev–Trinajstić information content (AvgIpc) is 2.26. The number of carboxylic acid groups (broad SMARTS) is 1. The van der Waals surface area contributed by atoms with Crippen molar-refractivity contribution in [3.63, 3.8) is 0 Å². The number of hydrogen-bond acceptors (Lipinski definition) is 4.